The predicted octanol–water partition coefficient (Wildman–Crippen LogP) is 1.77. The van der Waals surface area contributed by atoms with E-state index in [4.69, 9.17) is 11.1 Å². The van der Waals surface area contributed by atoms with Crippen LogP contribution in [0.5, 0.6) is 0 Å². The number of anilines is 2. The highest BCUT2D eigenvalue weighted by molar-refractivity contribution is 5.99. The number of piperidine rings is 1. The molecule has 1 aliphatic heterocycles. The van der Waals surface area contributed by atoms with E-state index in [1.54, 1.807) is 12.3 Å². The Balaban J connectivity index is 1.49. The van der Waals surface area contributed by atoms with Gasteiger partial charge in [-0.15, -0.1) is 0 Å². The van der Waals surface area contributed by atoms with E-state index in [-0.39, 0.29) is 23.4 Å². The zero-order valence-corrected chi connectivity index (χ0v) is 17.7. The van der Waals surface area contributed by atoms with E-state index >= 15 is 0 Å². The number of nitrogens with one attached hydrogen (secondary N) is 5. The second-order valence-electron chi connectivity index (χ2n) is 7.71. The number of amides is 2. The van der Waals surface area contributed by atoms with Crippen molar-refractivity contribution in [1.82, 2.24) is 20.2 Å². The summed E-state index contributed by atoms with van der Waals surface area (Å²) in [6.45, 7) is 5.33. The van der Waals surface area contributed by atoms with Gasteiger partial charge in [-0.2, -0.15) is 4.98 Å². The Kier molecular flexibility index (Phi) is 7.60. The Morgan fingerprint density at radius 1 is 1.29 bits per heavy atom. The first-order valence-corrected chi connectivity index (χ1v) is 10.5. The van der Waals surface area contributed by atoms with Gasteiger partial charge in [0.2, 0.25) is 5.95 Å². The van der Waals surface area contributed by atoms with Crippen LogP contribution in [0.25, 0.3) is 0 Å². The number of aromatic nitrogens is 2. The van der Waals surface area contributed by atoms with E-state index in [0.29, 0.717) is 17.8 Å². The Morgan fingerprint density at radius 2 is 2.03 bits per heavy atom. The average Bonchev–Trinajstić information content (AvgIpc) is 2.73. The fraction of sp³-hybridized carbons (Fsp3) is 0.429. The van der Waals surface area contributed by atoms with Gasteiger partial charge in [-0.3, -0.25) is 15.5 Å². The highest BCUT2D eigenvalue weighted by Gasteiger charge is 2.23. The minimum atomic E-state index is -0.460. The monoisotopic (exact) mass is 426 g/mol. The van der Waals surface area contributed by atoms with Gasteiger partial charge < -0.3 is 26.3 Å². The molecule has 166 valence electrons. The van der Waals surface area contributed by atoms with Crippen molar-refractivity contribution in [3.8, 4) is 0 Å². The second kappa shape index (κ2) is 10.6. The van der Waals surface area contributed by atoms with Gasteiger partial charge in [0.25, 0.3) is 5.56 Å². The van der Waals surface area contributed by atoms with Gasteiger partial charge in [-0.1, -0.05) is 18.2 Å². The summed E-state index contributed by atoms with van der Waals surface area (Å²) in [5.41, 5.74) is 7.26. The number of aryl methyl sites for hydroxylation is 1. The quantitative estimate of drug-likeness (QED) is 0.225. The Bertz CT molecular complexity index is 966. The van der Waals surface area contributed by atoms with Crippen molar-refractivity contribution < 1.29 is 4.79 Å². The van der Waals surface area contributed by atoms with Gasteiger partial charge >= 0.3 is 6.03 Å². The lowest BCUT2D eigenvalue weighted by Gasteiger charge is -2.31. The number of para-hydroxylation sites is 1. The Labute approximate surface area is 181 Å². The number of urea groups is 1. The van der Waals surface area contributed by atoms with Crippen molar-refractivity contribution in [3.63, 3.8) is 0 Å². The predicted molar refractivity (Wildman–Crippen MR) is 122 cm³/mol. The number of benzene rings is 1. The molecular weight excluding hydrogens is 396 g/mol. The maximum Gasteiger partial charge on any atom is 0.326 e. The maximum atomic E-state index is 12.5. The van der Waals surface area contributed by atoms with E-state index in [1.165, 1.54) is 0 Å². The van der Waals surface area contributed by atoms with Crippen LogP contribution in [-0.2, 0) is 0 Å². The minimum Gasteiger partial charge on any atom is -0.370 e. The third kappa shape index (κ3) is 6.54. The number of hydrogen-bond donors (Lipinski definition) is 6. The molecule has 2 aromatic rings. The lowest BCUT2D eigenvalue weighted by molar-refractivity contribution is 0.210. The number of H-pyrrole nitrogens is 1. The van der Waals surface area contributed by atoms with E-state index in [9.17, 15) is 9.59 Å². The molecule has 31 heavy (non-hydrogen) atoms. The molecule has 0 spiro atoms. The standard InChI is InChI=1S/C21H30N8O2/c1-14-5-2-3-6-17(14)26-21(31)28-20-25-13-16(18(30)27-20)15-7-11-29(12-8-15)10-4-9-24-19(22)23/h2-3,5-6,13,15H,4,7-12H2,1H3,(H4,22,23,24)(H3,25,26,27,28,30,31). The molecule has 0 bridgehead atoms. The first-order chi connectivity index (χ1) is 14.9. The number of rotatable bonds is 7. The van der Waals surface area contributed by atoms with E-state index < -0.39 is 6.03 Å². The van der Waals surface area contributed by atoms with Crippen molar-refractivity contribution >= 4 is 23.6 Å². The molecule has 3 rings (SSSR count). The molecule has 2 heterocycles. The van der Waals surface area contributed by atoms with Crippen LogP contribution in [0.4, 0.5) is 16.4 Å². The number of likely N-dealkylation sites (tertiary alicyclic amines) is 1. The normalized spacial score (nSPS) is 14.7. The smallest absolute Gasteiger partial charge is 0.326 e. The molecule has 1 saturated heterocycles. The molecule has 1 aromatic carbocycles. The molecule has 0 aliphatic carbocycles. The average molecular weight is 427 g/mol. The van der Waals surface area contributed by atoms with Gasteiger partial charge in [0, 0.05) is 24.0 Å². The third-order valence-electron chi connectivity index (χ3n) is 5.44. The molecule has 0 saturated carbocycles. The summed E-state index contributed by atoms with van der Waals surface area (Å²) in [5, 5.41) is 15.3. The highest BCUT2D eigenvalue weighted by Crippen LogP contribution is 2.25. The fourth-order valence-electron chi connectivity index (χ4n) is 3.73. The molecule has 10 nitrogen and oxygen atoms in total. The van der Waals surface area contributed by atoms with Crippen LogP contribution in [0.15, 0.2) is 35.3 Å². The van der Waals surface area contributed by atoms with Gasteiger partial charge in [-0.25, -0.2) is 4.79 Å². The molecular formula is C21H30N8O2. The van der Waals surface area contributed by atoms with E-state index in [2.05, 4.69) is 30.8 Å². The SMILES string of the molecule is Cc1ccccc1NC(=O)Nc1nc(=O)c(C2CCN(CCCNC(=N)N)CC2)c[nH]1. The summed E-state index contributed by atoms with van der Waals surface area (Å²) in [6.07, 6.45) is 4.34. The van der Waals surface area contributed by atoms with E-state index in [1.807, 2.05) is 25.1 Å². The number of guanidine groups is 1. The first-order valence-electron chi connectivity index (χ1n) is 10.5. The summed E-state index contributed by atoms with van der Waals surface area (Å²) in [4.78, 5) is 34.0. The van der Waals surface area contributed by atoms with Crippen LogP contribution < -0.4 is 27.2 Å². The number of carbonyl (C=O) groups excluding carboxylic acids is 1. The number of carbonyl (C=O) groups is 1. The van der Waals surface area contributed by atoms with Crippen LogP contribution in [0.3, 0.4) is 0 Å². The Morgan fingerprint density at radius 3 is 2.71 bits per heavy atom. The summed E-state index contributed by atoms with van der Waals surface area (Å²) in [5.74, 6) is 0.268. The van der Waals surface area contributed by atoms with Gasteiger partial charge in [0.05, 0.1) is 0 Å². The number of aromatic amines is 1. The molecule has 0 unspecified atom stereocenters. The van der Waals surface area contributed by atoms with Crippen molar-refractivity contribution in [1.29, 1.82) is 5.41 Å². The number of nitrogens with zero attached hydrogens (tertiary/aromatic N) is 2. The molecule has 2 amide bonds. The minimum absolute atomic E-state index is 0.00368. The zero-order valence-electron chi connectivity index (χ0n) is 17.7. The molecule has 7 N–H and O–H groups in total. The van der Waals surface area contributed by atoms with Crippen LogP contribution in [0.1, 0.15) is 36.3 Å². The van der Waals surface area contributed by atoms with E-state index in [0.717, 1.165) is 44.5 Å². The number of nitrogens with two attached hydrogens (primary N) is 1. The lowest BCUT2D eigenvalue weighted by Crippen LogP contribution is -2.37. The van der Waals surface area contributed by atoms with Gasteiger partial charge in [0.1, 0.15) is 0 Å². The molecule has 0 radical (unpaired) electrons. The molecule has 1 aromatic heterocycles. The second-order valence-corrected chi connectivity index (χ2v) is 7.71. The van der Waals surface area contributed by atoms with Crippen molar-refractivity contribution in [2.75, 3.05) is 36.8 Å². The number of hydrogen-bond acceptors (Lipinski definition) is 5. The van der Waals surface area contributed by atoms with Crippen molar-refractivity contribution in [2.45, 2.75) is 32.1 Å². The molecule has 1 fully saturated rings. The zero-order chi connectivity index (χ0) is 22.2. The maximum absolute atomic E-state index is 12.5. The lowest BCUT2D eigenvalue weighted by atomic mass is 9.91. The Hall–Kier alpha value is -3.40. The largest absolute Gasteiger partial charge is 0.370 e. The van der Waals surface area contributed by atoms with Crippen LogP contribution in [0.2, 0.25) is 0 Å². The molecule has 0 atom stereocenters. The highest BCUT2D eigenvalue weighted by atomic mass is 16.2. The molecule has 1 aliphatic rings. The summed E-state index contributed by atoms with van der Waals surface area (Å²) in [7, 11) is 0. The van der Waals surface area contributed by atoms with Crippen LogP contribution in [0, 0.1) is 12.3 Å². The summed E-state index contributed by atoms with van der Waals surface area (Å²) in [6, 6.07) is 6.98. The van der Waals surface area contributed by atoms with Gasteiger partial charge in [0.15, 0.2) is 5.96 Å². The topological polar surface area (TPSA) is 152 Å². The molecule has 10 heteroatoms. The van der Waals surface area contributed by atoms with Crippen molar-refractivity contribution in [3.05, 3.63) is 51.9 Å². The first kappa shape index (κ1) is 22.3. The fourth-order valence-corrected chi connectivity index (χ4v) is 3.73. The van der Waals surface area contributed by atoms with Gasteiger partial charge in [-0.05, 0) is 63.4 Å². The van der Waals surface area contributed by atoms with Crippen LogP contribution in [-0.4, -0.2) is 53.0 Å². The van der Waals surface area contributed by atoms with Crippen molar-refractivity contribution in [2.24, 2.45) is 5.73 Å². The van der Waals surface area contributed by atoms with Crippen LogP contribution >= 0.6 is 0 Å². The summed E-state index contributed by atoms with van der Waals surface area (Å²) >= 11 is 0. The third-order valence-corrected chi connectivity index (χ3v) is 5.44. The summed E-state index contributed by atoms with van der Waals surface area (Å²) < 4.78 is 0.